The summed E-state index contributed by atoms with van der Waals surface area (Å²) >= 11 is 0. The number of pyridine rings is 1. The SMILES string of the molecule is CC(=O)Nc1ccc(CN2CCCN(C(=O)c3cccnc3Oc3ccc(C)cc3)CC2)cc1. The third kappa shape index (κ3) is 6.20. The van der Waals surface area contributed by atoms with E-state index in [0.29, 0.717) is 30.3 Å². The topological polar surface area (TPSA) is 74.8 Å². The number of aryl methyl sites for hydroxylation is 1. The molecule has 7 nitrogen and oxygen atoms in total. The predicted octanol–water partition coefficient (Wildman–Crippen LogP) is 4.49. The van der Waals surface area contributed by atoms with Crippen molar-refractivity contribution in [2.75, 3.05) is 31.5 Å². The number of hydrogen-bond donors (Lipinski definition) is 1. The lowest BCUT2D eigenvalue weighted by Crippen LogP contribution is -2.35. The van der Waals surface area contributed by atoms with Gasteiger partial charge in [0.2, 0.25) is 11.8 Å². The molecule has 1 N–H and O–H groups in total. The van der Waals surface area contributed by atoms with Gasteiger partial charge in [0, 0.05) is 51.5 Å². The number of aromatic nitrogens is 1. The average Bonchev–Trinajstić information content (AvgIpc) is 3.07. The van der Waals surface area contributed by atoms with Crippen LogP contribution in [0.5, 0.6) is 11.6 Å². The number of nitrogens with zero attached hydrogens (tertiary/aromatic N) is 3. The molecule has 1 saturated heterocycles. The summed E-state index contributed by atoms with van der Waals surface area (Å²) in [5, 5.41) is 2.79. The number of rotatable bonds is 6. The minimum absolute atomic E-state index is 0.0586. The Bertz CT molecular complexity index is 1130. The predicted molar refractivity (Wildman–Crippen MR) is 132 cm³/mol. The Morgan fingerprint density at radius 1 is 0.971 bits per heavy atom. The second-order valence-corrected chi connectivity index (χ2v) is 8.57. The zero-order valence-corrected chi connectivity index (χ0v) is 19.7. The van der Waals surface area contributed by atoms with Gasteiger partial charge in [-0.2, -0.15) is 0 Å². The Labute approximate surface area is 200 Å². The molecule has 1 aliphatic rings. The zero-order valence-electron chi connectivity index (χ0n) is 19.7. The minimum Gasteiger partial charge on any atom is -0.438 e. The van der Waals surface area contributed by atoms with E-state index < -0.39 is 0 Å². The first-order valence-electron chi connectivity index (χ1n) is 11.6. The van der Waals surface area contributed by atoms with E-state index in [0.717, 1.165) is 37.3 Å². The highest BCUT2D eigenvalue weighted by Gasteiger charge is 2.23. The van der Waals surface area contributed by atoms with Gasteiger partial charge in [-0.25, -0.2) is 4.98 Å². The van der Waals surface area contributed by atoms with E-state index in [1.807, 2.05) is 60.4 Å². The van der Waals surface area contributed by atoms with Gasteiger partial charge in [-0.3, -0.25) is 14.5 Å². The lowest BCUT2D eigenvalue weighted by atomic mass is 10.2. The maximum Gasteiger partial charge on any atom is 0.259 e. The van der Waals surface area contributed by atoms with Crippen LogP contribution >= 0.6 is 0 Å². The summed E-state index contributed by atoms with van der Waals surface area (Å²) in [6.45, 7) is 7.35. The fourth-order valence-corrected chi connectivity index (χ4v) is 4.01. The molecule has 0 unspecified atom stereocenters. The molecular formula is C27H30N4O3. The summed E-state index contributed by atoms with van der Waals surface area (Å²) in [4.78, 5) is 33.1. The fourth-order valence-electron chi connectivity index (χ4n) is 4.01. The summed E-state index contributed by atoms with van der Waals surface area (Å²) in [6, 6.07) is 19.1. The number of carbonyl (C=O) groups excluding carboxylic acids is 2. The Kier molecular flexibility index (Phi) is 7.54. The van der Waals surface area contributed by atoms with Gasteiger partial charge in [0.1, 0.15) is 11.3 Å². The highest BCUT2D eigenvalue weighted by atomic mass is 16.5. The average molecular weight is 459 g/mol. The molecule has 1 fully saturated rings. The van der Waals surface area contributed by atoms with Crippen molar-refractivity contribution in [1.29, 1.82) is 0 Å². The number of nitrogens with one attached hydrogen (secondary N) is 1. The number of ether oxygens (including phenoxy) is 1. The molecule has 0 radical (unpaired) electrons. The van der Waals surface area contributed by atoms with Crippen LogP contribution in [0.1, 0.15) is 34.8 Å². The summed E-state index contributed by atoms with van der Waals surface area (Å²) in [7, 11) is 0. The van der Waals surface area contributed by atoms with Gasteiger partial charge in [-0.1, -0.05) is 29.8 Å². The van der Waals surface area contributed by atoms with Crippen molar-refractivity contribution < 1.29 is 14.3 Å². The summed E-state index contributed by atoms with van der Waals surface area (Å²) < 4.78 is 5.95. The fraction of sp³-hybridized carbons (Fsp3) is 0.296. The van der Waals surface area contributed by atoms with E-state index in [2.05, 4.69) is 15.2 Å². The van der Waals surface area contributed by atoms with Crippen LogP contribution < -0.4 is 10.1 Å². The molecule has 0 saturated carbocycles. The van der Waals surface area contributed by atoms with Gasteiger partial charge >= 0.3 is 0 Å². The normalized spacial score (nSPS) is 14.4. The molecule has 0 aliphatic carbocycles. The van der Waals surface area contributed by atoms with Gasteiger partial charge in [0.25, 0.3) is 5.91 Å². The standard InChI is InChI=1S/C27H30N4O3/c1-20-6-12-24(13-7-20)34-26-25(5-3-14-28-26)27(33)31-16-4-15-30(17-18-31)19-22-8-10-23(11-9-22)29-21(2)32/h3,5-14H,4,15-19H2,1-2H3,(H,29,32). The van der Waals surface area contributed by atoms with Crippen molar-refractivity contribution in [2.45, 2.75) is 26.8 Å². The molecule has 1 aliphatic heterocycles. The van der Waals surface area contributed by atoms with Gasteiger partial charge in [0.05, 0.1) is 0 Å². The molecule has 3 aromatic rings. The summed E-state index contributed by atoms with van der Waals surface area (Å²) in [5.41, 5.74) is 3.59. The Hall–Kier alpha value is -3.71. The van der Waals surface area contributed by atoms with Crippen LogP contribution in [-0.2, 0) is 11.3 Å². The molecule has 0 spiro atoms. The van der Waals surface area contributed by atoms with E-state index in [1.54, 1.807) is 18.3 Å². The summed E-state index contributed by atoms with van der Waals surface area (Å²) in [5.74, 6) is 0.851. The monoisotopic (exact) mass is 458 g/mol. The van der Waals surface area contributed by atoms with Crippen molar-refractivity contribution >= 4 is 17.5 Å². The van der Waals surface area contributed by atoms with E-state index in [4.69, 9.17) is 4.74 Å². The first kappa shape index (κ1) is 23.4. The van der Waals surface area contributed by atoms with Crippen molar-refractivity contribution in [3.63, 3.8) is 0 Å². The van der Waals surface area contributed by atoms with Crippen LogP contribution in [0.15, 0.2) is 66.9 Å². The first-order chi connectivity index (χ1) is 16.5. The highest BCUT2D eigenvalue weighted by molar-refractivity contribution is 5.96. The second-order valence-electron chi connectivity index (χ2n) is 8.57. The number of carbonyl (C=O) groups is 2. The molecule has 0 atom stereocenters. The van der Waals surface area contributed by atoms with Crippen molar-refractivity contribution in [3.05, 3.63) is 83.6 Å². The lowest BCUT2D eigenvalue weighted by Gasteiger charge is -2.23. The van der Waals surface area contributed by atoms with E-state index >= 15 is 0 Å². The highest BCUT2D eigenvalue weighted by Crippen LogP contribution is 2.25. The smallest absolute Gasteiger partial charge is 0.259 e. The van der Waals surface area contributed by atoms with E-state index in [9.17, 15) is 9.59 Å². The molecule has 2 amide bonds. The third-order valence-electron chi connectivity index (χ3n) is 5.79. The van der Waals surface area contributed by atoms with Crippen LogP contribution in [0, 0.1) is 6.92 Å². The van der Waals surface area contributed by atoms with Gasteiger partial charge in [0.15, 0.2) is 0 Å². The molecule has 34 heavy (non-hydrogen) atoms. The van der Waals surface area contributed by atoms with Gasteiger partial charge in [-0.15, -0.1) is 0 Å². The molecule has 176 valence electrons. The first-order valence-corrected chi connectivity index (χ1v) is 11.6. The molecule has 7 heteroatoms. The van der Waals surface area contributed by atoms with Crippen LogP contribution in [0.3, 0.4) is 0 Å². The minimum atomic E-state index is -0.0777. The molecule has 0 bridgehead atoms. The van der Waals surface area contributed by atoms with Crippen LogP contribution in [-0.4, -0.2) is 52.8 Å². The van der Waals surface area contributed by atoms with Gasteiger partial charge < -0.3 is 15.0 Å². The number of anilines is 1. The molecular weight excluding hydrogens is 428 g/mol. The molecule has 1 aromatic heterocycles. The van der Waals surface area contributed by atoms with Crippen LogP contribution in [0.25, 0.3) is 0 Å². The zero-order chi connectivity index (χ0) is 23.9. The van der Waals surface area contributed by atoms with E-state index in [1.165, 1.54) is 12.5 Å². The maximum absolute atomic E-state index is 13.4. The lowest BCUT2D eigenvalue weighted by molar-refractivity contribution is -0.114. The Balaban J connectivity index is 1.38. The van der Waals surface area contributed by atoms with Crippen LogP contribution in [0.4, 0.5) is 5.69 Å². The maximum atomic E-state index is 13.4. The second kappa shape index (κ2) is 10.9. The van der Waals surface area contributed by atoms with Crippen molar-refractivity contribution in [1.82, 2.24) is 14.8 Å². The molecule has 2 heterocycles. The number of amides is 2. The Morgan fingerprint density at radius 2 is 1.74 bits per heavy atom. The van der Waals surface area contributed by atoms with Gasteiger partial charge in [-0.05, 0) is 55.3 Å². The van der Waals surface area contributed by atoms with Crippen molar-refractivity contribution in [2.24, 2.45) is 0 Å². The largest absolute Gasteiger partial charge is 0.438 e. The van der Waals surface area contributed by atoms with E-state index in [-0.39, 0.29) is 11.8 Å². The Morgan fingerprint density at radius 3 is 2.47 bits per heavy atom. The quantitative estimate of drug-likeness (QED) is 0.589. The third-order valence-corrected chi connectivity index (χ3v) is 5.79. The molecule has 2 aromatic carbocycles. The molecule has 4 rings (SSSR count). The number of hydrogen-bond acceptors (Lipinski definition) is 5. The van der Waals surface area contributed by atoms with Crippen molar-refractivity contribution in [3.8, 4) is 11.6 Å². The van der Waals surface area contributed by atoms with Crippen LogP contribution in [0.2, 0.25) is 0 Å². The summed E-state index contributed by atoms with van der Waals surface area (Å²) in [6.07, 6.45) is 2.53. The number of benzene rings is 2.